The minimum atomic E-state index is -3.10. The van der Waals surface area contributed by atoms with Crippen molar-refractivity contribution in [1.82, 2.24) is 0 Å². The molecule has 88 valence electrons. The van der Waals surface area contributed by atoms with E-state index in [1.54, 1.807) is 0 Å². The van der Waals surface area contributed by atoms with E-state index in [1.165, 1.54) is 0 Å². The molecule has 0 saturated heterocycles. The molecule has 0 unspecified atom stereocenters. The van der Waals surface area contributed by atoms with Gasteiger partial charge in [-0.3, -0.25) is 0 Å². The van der Waals surface area contributed by atoms with Gasteiger partial charge >= 0.3 is 99.0 Å². The van der Waals surface area contributed by atoms with Crippen molar-refractivity contribution in [2.45, 2.75) is 50.4 Å². The number of carbonyl (C=O) groups is 1. The summed E-state index contributed by atoms with van der Waals surface area (Å²) >= 11 is -3.10. The van der Waals surface area contributed by atoms with Gasteiger partial charge in [-0.15, -0.1) is 0 Å². The van der Waals surface area contributed by atoms with Gasteiger partial charge in [0, 0.05) is 0 Å². The van der Waals surface area contributed by atoms with Gasteiger partial charge in [0.1, 0.15) is 0 Å². The molecule has 0 aromatic heterocycles. The molecule has 0 bridgehead atoms. The molecular formula is C10H20O4Sn. The van der Waals surface area contributed by atoms with Crippen molar-refractivity contribution in [2.75, 3.05) is 6.61 Å². The first-order valence-corrected chi connectivity index (χ1v) is 9.93. The third-order valence-electron chi connectivity index (χ3n) is 1.90. The average Bonchev–Trinajstić information content (AvgIpc) is 2.21. The summed E-state index contributed by atoms with van der Waals surface area (Å²) < 4.78 is 21.3. The third-order valence-corrected chi connectivity index (χ3v) is 5.20. The molecule has 0 rings (SSSR count). The van der Waals surface area contributed by atoms with E-state index in [4.69, 9.17) is 7.81 Å². The zero-order valence-electron chi connectivity index (χ0n) is 9.58. The monoisotopic (exact) mass is 324 g/mol. The Morgan fingerprint density at radius 1 is 1.13 bits per heavy atom. The SMILES string of the molecule is CCCCCOC(=O)[O][Sn](=[O])[CH2]CCC. The number of rotatable bonds is 8. The van der Waals surface area contributed by atoms with E-state index in [0.717, 1.165) is 32.1 Å². The number of unbranched alkanes of at least 4 members (excludes halogenated alkanes) is 3. The van der Waals surface area contributed by atoms with Crippen molar-refractivity contribution in [1.29, 1.82) is 0 Å². The molecule has 4 nitrogen and oxygen atoms in total. The summed E-state index contributed by atoms with van der Waals surface area (Å²) in [5.41, 5.74) is 0. The fraction of sp³-hybridized carbons (Fsp3) is 0.900. The summed E-state index contributed by atoms with van der Waals surface area (Å²) in [6.45, 7) is 4.46. The Kier molecular flexibility index (Phi) is 10.3. The number of hydrogen-bond acceptors (Lipinski definition) is 4. The molecule has 0 aromatic carbocycles. The molecule has 0 atom stereocenters. The third kappa shape index (κ3) is 10.2. The van der Waals surface area contributed by atoms with Gasteiger partial charge in [-0.2, -0.15) is 0 Å². The number of ether oxygens (including phenoxy) is 1. The topological polar surface area (TPSA) is 52.6 Å². The Morgan fingerprint density at radius 2 is 1.80 bits per heavy atom. The van der Waals surface area contributed by atoms with Gasteiger partial charge < -0.3 is 0 Å². The average molecular weight is 323 g/mol. The first kappa shape index (κ1) is 14.9. The second-order valence-electron chi connectivity index (χ2n) is 3.38. The molecule has 15 heavy (non-hydrogen) atoms. The molecule has 0 spiro atoms. The van der Waals surface area contributed by atoms with Crippen LogP contribution in [0.1, 0.15) is 46.0 Å². The number of carbonyl (C=O) groups excluding carboxylic acids is 1. The van der Waals surface area contributed by atoms with E-state index in [-0.39, 0.29) is 0 Å². The second-order valence-corrected chi connectivity index (χ2v) is 7.52. The Labute approximate surface area is 99.0 Å². The molecule has 0 fully saturated rings. The summed E-state index contributed by atoms with van der Waals surface area (Å²) in [6, 6.07) is 0. The van der Waals surface area contributed by atoms with Crippen LogP contribution in [0.15, 0.2) is 0 Å². The molecule has 0 saturated carbocycles. The molecule has 0 heterocycles. The van der Waals surface area contributed by atoms with Crippen LogP contribution in [-0.4, -0.2) is 32.9 Å². The zero-order valence-corrected chi connectivity index (χ0v) is 12.4. The summed E-state index contributed by atoms with van der Waals surface area (Å²) in [5, 5.41) is 0. The van der Waals surface area contributed by atoms with Crippen LogP contribution >= 0.6 is 0 Å². The summed E-state index contributed by atoms with van der Waals surface area (Å²) in [4.78, 5) is 11.0. The first-order valence-electron chi connectivity index (χ1n) is 5.58. The van der Waals surface area contributed by atoms with Gasteiger partial charge in [-0.05, 0) is 0 Å². The summed E-state index contributed by atoms with van der Waals surface area (Å²) in [5.74, 6) is 0. The Morgan fingerprint density at radius 3 is 2.40 bits per heavy atom. The summed E-state index contributed by atoms with van der Waals surface area (Å²) in [6.07, 6.45) is 4.05. The molecule has 5 heteroatoms. The van der Waals surface area contributed by atoms with Crippen LogP contribution < -0.4 is 0 Å². The van der Waals surface area contributed by atoms with Gasteiger partial charge in [-0.1, -0.05) is 0 Å². The van der Waals surface area contributed by atoms with E-state index < -0.39 is 26.3 Å². The van der Waals surface area contributed by atoms with Crippen molar-refractivity contribution < 1.29 is 15.7 Å². The van der Waals surface area contributed by atoms with E-state index in [9.17, 15) is 7.87 Å². The van der Waals surface area contributed by atoms with Crippen LogP contribution in [0.5, 0.6) is 0 Å². The Hall–Kier alpha value is -0.131. The van der Waals surface area contributed by atoms with Gasteiger partial charge in [-0.25, -0.2) is 0 Å². The number of hydrogen-bond donors (Lipinski definition) is 0. The molecule has 0 N–H and O–H groups in total. The maximum atomic E-state index is 11.3. The predicted octanol–water partition coefficient (Wildman–Crippen LogP) is 3.05. The molecule has 0 amide bonds. The minimum absolute atomic E-state index is 0.372. The van der Waals surface area contributed by atoms with Gasteiger partial charge in [0.15, 0.2) is 0 Å². The molecule has 0 aromatic rings. The normalized spacial score (nSPS) is 9.73. The van der Waals surface area contributed by atoms with Crippen molar-refractivity contribution in [3.05, 3.63) is 0 Å². The van der Waals surface area contributed by atoms with Crippen LogP contribution in [0.2, 0.25) is 4.44 Å². The van der Waals surface area contributed by atoms with Gasteiger partial charge in [0.2, 0.25) is 0 Å². The van der Waals surface area contributed by atoms with Crippen LogP contribution in [0.25, 0.3) is 0 Å². The van der Waals surface area contributed by atoms with Crippen LogP contribution in [0.3, 0.4) is 0 Å². The first-order chi connectivity index (χ1) is 7.20. The molecule has 0 aliphatic heterocycles. The Balaban J connectivity index is 3.43. The van der Waals surface area contributed by atoms with E-state index >= 15 is 0 Å². The zero-order chi connectivity index (χ0) is 11.5. The van der Waals surface area contributed by atoms with E-state index in [1.807, 2.05) is 6.92 Å². The molecule has 0 radical (unpaired) electrons. The standard InChI is InChI=1S/C6H12O3.C4H9.O.Sn/c1-2-3-4-5-9-6(7)8;1-3-4-2;;/h2-5H2,1H3,(H,7,8);1,3-4H2,2H3;;/q;;;+1/p-1. The molecular weight excluding hydrogens is 303 g/mol. The van der Waals surface area contributed by atoms with Crippen molar-refractivity contribution in [3.8, 4) is 0 Å². The second kappa shape index (κ2) is 10.4. The molecule has 0 aliphatic carbocycles. The van der Waals surface area contributed by atoms with Crippen molar-refractivity contribution in [2.24, 2.45) is 0 Å². The van der Waals surface area contributed by atoms with Gasteiger partial charge in [0.05, 0.1) is 0 Å². The fourth-order valence-electron chi connectivity index (χ4n) is 1.00. The summed E-state index contributed by atoms with van der Waals surface area (Å²) in [7, 11) is 0. The van der Waals surface area contributed by atoms with Crippen molar-refractivity contribution >= 4 is 26.3 Å². The van der Waals surface area contributed by atoms with E-state index in [0.29, 0.717) is 11.0 Å². The predicted molar refractivity (Wildman–Crippen MR) is 58.1 cm³/mol. The van der Waals surface area contributed by atoms with Crippen LogP contribution in [0.4, 0.5) is 4.79 Å². The van der Waals surface area contributed by atoms with Gasteiger partial charge in [0.25, 0.3) is 0 Å². The maximum absolute atomic E-state index is 11.3. The fourth-order valence-corrected chi connectivity index (χ4v) is 3.83. The van der Waals surface area contributed by atoms with Crippen LogP contribution in [-0.2, 0) is 10.9 Å². The van der Waals surface area contributed by atoms with E-state index in [2.05, 4.69) is 6.92 Å². The van der Waals surface area contributed by atoms with Crippen LogP contribution in [0, 0.1) is 0 Å². The molecule has 0 aliphatic rings. The quantitative estimate of drug-likeness (QED) is 0.391. The Bertz CT molecular complexity index is 194. The van der Waals surface area contributed by atoms with Crippen molar-refractivity contribution in [3.63, 3.8) is 0 Å².